The highest BCUT2D eigenvalue weighted by atomic mass is 19.1. The van der Waals surface area contributed by atoms with E-state index in [1.165, 1.54) is 12.1 Å². The van der Waals surface area contributed by atoms with Crippen LogP contribution in [0.25, 0.3) is 0 Å². The molecule has 0 spiro atoms. The molecule has 2 aromatic carbocycles. The highest BCUT2D eigenvalue weighted by molar-refractivity contribution is 5.96. The minimum absolute atomic E-state index is 0.0812. The fraction of sp³-hybridized carbons (Fsp3) is 0.0714. The number of amides is 1. The number of hydrogen-bond acceptors (Lipinski definition) is 3. The molecule has 0 radical (unpaired) electrons. The maximum Gasteiger partial charge on any atom is 0.255 e. The van der Waals surface area contributed by atoms with E-state index in [0.29, 0.717) is 11.5 Å². The molecule has 2 aromatic rings. The van der Waals surface area contributed by atoms with Crippen LogP contribution in [-0.2, 0) is 0 Å². The maximum atomic E-state index is 13.5. The second-order valence-electron chi connectivity index (χ2n) is 3.75. The molecule has 0 unspecified atom stereocenters. The second-order valence-corrected chi connectivity index (χ2v) is 3.75. The van der Waals surface area contributed by atoms with E-state index >= 15 is 0 Å². The lowest BCUT2D eigenvalue weighted by atomic mass is 10.2. The van der Waals surface area contributed by atoms with Crippen LogP contribution in [0.5, 0.6) is 17.2 Å². The average Bonchev–Trinajstić information content (AvgIpc) is 2.39. The lowest BCUT2D eigenvalue weighted by Gasteiger charge is -2.10. The SMILES string of the molecule is COc1ccc(Oc2cccc(F)c2C(N)=O)cc1. The van der Waals surface area contributed by atoms with Crippen molar-refractivity contribution < 1.29 is 18.7 Å². The van der Waals surface area contributed by atoms with Crippen molar-refractivity contribution in [2.45, 2.75) is 0 Å². The second kappa shape index (κ2) is 5.39. The highest BCUT2D eigenvalue weighted by Crippen LogP contribution is 2.28. The lowest BCUT2D eigenvalue weighted by Crippen LogP contribution is -2.14. The number of carbonyl (C=O) groups excluding carboxylic acids is 1. The molecule has 2 rings (SSSR count). The van der Waals surface area contributed by atoms with Crippen LogP contribution in [-0.4, -0.2) is 13.0 Å². The van der Waals surface area contributed by atoms with Crippen molar-refractivity contribution in [2.75, 3.05) is 7.11 Å². The van der Waals surface area contributed by atoms with Gasteiger partial charge in [-0.2, -0.15) is 0 Å². The van der Waals surface area contributed by atoms with Crippen molar-refractivity contribution in [1.82, 2.24) is 0 Å². The first-order valence-corrected chi connectivity index (χ1v) is 5.52. The van der Waals surface area contributed by atoms with Gasteiger partial charge in [0.25, 0.3) is 5.91 Å². The number of primary amides is 1. The van der Waals surface area contributed by atoms with Crippen LogP contribution in [0, 0.1) is 5.82 Å². The number of halogens is 1. The Labute approximate surface area is 109 Å². The number of carbonyl (C=O) groups is 1. The summed E-state index contributed by atoms with van der Waals surface area (Å²) in [5.74, 6) is -0.381. The normalized spacial score (nSPS) is 10.0. The summed E-state index contributed by atoms with van der Waals surface area (Å²) in [5.41, 5.74) is 4.87. The average molecular weight is 261 g/mol. The van der Waals surface area contributed by atoms with Gasteiger partial charge >= 0.3 is 0 Å². The third-order valence-corrected chi connectivity index (χ3v) is 2.51. The highest BCUT2D eigenvalue weighted by Gasteiger charge is 2.15. The van der Waals surface area contributed by atoms with E-state index in [2.05, 4.69) is 0 Å². The molecule has 0 saturated heterocycles. The minimum Gasteiger partial charge on any atom is -0.497 e. The summed E-state index contributed by atoms with van der Waals surface area (Å²) in [7, 11) is 1.55. The van der Waals surface area contributed by atoms with Crippen LogP contribution in [0.3, 0.4) is 0 Å². The molecule has 5 heteroatoms. The van der Waals surface area contributed by atoms with Gasteiger partial charge in [-0.1, -0.05) is 6.07 Å². The monoisotopic (exact) mass is 261 g/mol. The molecule has 98 valence electrons. The molecule has 0 aromatic heterocycles. The zero-order valence-electron chi connectivity index (χ0n) is 10.2. The fourth-order valence-corrected chi connectivity index (χ4v) is 1.60. The number of rotatable bonds is 4. The molecule has 4 nitrogen and oxygen atoms in total. The third-order valence-electron chi connectivity index (χ3n) is 2.51. The van der Waals surface area contributed by atoms with Crippen molar-refractivity contribution >= 4 is 5.91 Å². The molecule has 0 fully saturated rings. The maximum absolute atomic E-state index is 13.5. The van der Waals surface area contributed by atoms with Gasteiger partial charge in [0.1, 0.15) is 28.6 Å². The van der Waals surface area contributed by atoms with E-state index in [0.717, 1.165) is 6.07 Å². The van der Waals surface area contributed by atoms with Gasteiger partial charge in [-0.3, -0.25) is 4.79 Å². The van der Waals surface area contributed by atoms with Crippen LogP contribution in [0.2, 0.25) is 0 Å². The Balaban J connectivity index is 2.32. The molecule has 2 N–H and O–H groups in total. The predicted octanol–water partition coefficient (Wildman–Crippen LogP) is 2.73. The van der Waals surface area contributed by atoms with Crippen LogP contribution < -0.4 is 15.2 Å². The largest absolute Gasteiger partial charge is 0.497 e. The zero-order valence-corrected chi connectivity index (χ0v) is 10.2. The standard InChI is InChI=1S/C14H12FNO3/c1-18-9-5-7-10(8-6-9)19-12-4-2-3-11(15)13(12)14(16)17/h2-8H,1H3,(H2,16,17). The van der Waals surface area contributed by atoms with Gasteiger partial charge in [-0.15, -0.1) is 0 Å². The summed E-state index contributed by atoms with van der Waals surface area (Å²) < 4.78 is 24.0. The molecule has 19 heavy (non-hydrogen) atoms. The van der Waals surface area contributed by atoms with E-state index in [-0.39, 0.29) is 11.3 Å². The van der Waals surface area contributed by atoms with Gasteiger partial charge in [0.15, 0.2) is 0 Å². The van der Waals surface area contributed by atoms with Gasteiger partial charge in [0, 0.05) is 0 Å². The summed E-state index contributed by atoms with van der Waals surface area (Å²) in [5, 5.41) is 0. The first-order valence-electron chi connectivity index (χ1n) is 5.52. The van der Waals surface area contributed by atoms with Gasteiger partial charge < -0.3 is 15.2 Å². The number of nitrogens with two attached hydrogens (primary N) is 1. The predicted molar refractivity (Wildman–Crippen MR) is 68.0 cm³/mol. The van der Waals surface area contributed by atoms with E-state index in [4.69, 9.17) is 15.2 Å². The van der Waals surface area contributed by atoms with Crippen molar-refractivity contribution in [3.8, 4) is 17.2 Å². The summed E-state index contributed by atoms with van der Waals surface area (Å²) in [4.78, 5) is 11.2. The van der Waals surface area contributed by atoms with E-state index < -0.39 is 11.7 Å². The van der Waals surface area contributed by atoms with E-state index in [9.17, 15) is 9.18 Å². The van der Waals surface area contributed by atoms with Gasteiger partial charge in [-0.05, 0) is 36.4 Å². The van der Waals surface area contributed by atoms with Crippen LogP contribution >= 0.6 is 0 Å². The van der Waals surface area contributed by atoms with Gasteiger partial charge in [0.05, 0.1) is 7.11 Å². The Kier molecular flexibility index (Phi) is 3.66. The van der Waals surface area contributed by atoms with Crippen molar-refractivity contribution in [1.29, 1.82) is 0 Å². The molecule has 0 aliphatic rings. The number of ether oxygens (including phenoxy) is 2. The Morgan fingerprint density at radius 1 is 1.11 bits per heavy atom. The first kappa shape index (κ1) is 12.9. The zero-order chi connectivity index (χ0) is 13.8. The Morgan fingerprint density at radius 3 is 2.32 bits per heavy atom. The van der Waals surface area contributed by atoms with Crippen LogP contribution in [0.1, 0.15) is 10.4 Å². The quantitative estimate of drug-likeness (QED) is 0.920. The number of methoxy groups -OCH3 is 1. The fourth-order valence-electron chi connectivity index (χ4n) is 1.60. The molecule has 0 saturated carbocycles. The summed E-state index contributed by atoms with van der Waals surface area (Å²) in [6.45, 7) is 0. The molecule has 0 aliphatic heterocycles. The molecular formula is C14H12FNO3. The minimum atomic E-state index is -0.874. The Hall–Kier alpha value is -2.56. The molecule has 0 aliphatic carbocycles. The molecule has 1 amide bonds. The van der Waals surface area contributed by atoms with Crippen LogP contribution in [0.15, 0.2) is 42.5 Å². The van der Waals surface area contributed by atoms with E-state index in [1.54, 1.807) is 31.4 Å². The summed E-state index contributed by atoms with van der Waals surface area (Å²) in [6, 6.07) is 10.8. The van der Waals surface area contributed by atoms with Gasteiger partial charge in [0.2, 0.25) is 0 Å². The molecule has 0 heterocycles. The topological polar surface area (TPSA) is 61.6 Å². The summed E-state index contributed by atoms with van der Waals surface area (Å²) >= 11 is 0. The first-order chi connectivity index (χ1) is 9.11. The Bertz CT molecular complexity index is 596. The number of hydrogen-bond donors (Lipinski definition) is 1. The lowest BCUT2D eigenvalue weighted by molar-refractivity contribution is 0.0994. The van der Waals surface area contributed by atoms with E-state index in [1.807, 2.05) is 0 Å². The molecular weight excluding hydrogens is 249 g/mol. The smallest absolute Gasteiger partial charge is 0.255 e. The number of benzene rings is 2. The van der Waals surface area contributed by atoms with Gasteiger partial charge in [-0.25, -0.2) is 4.39 Å². The Morgan fingerprint density at radius 2 is 1.74 bits per heavy atom. The summed E-state index contributed by atoms with van der Waals surface area (Å²) in [6.07, 6.45) is 0. The van der Waals surface area contributed by atoms with Crippen molar-refractivity contribution in [3.63, 3.8) is 0 Å². The molecule has 0 atom stereocenters. The van der Waals surface area contributed by atoms with Crippen molar-refractivity contribution in [3.05, 3.63) is 53.8 Å². The van der Waals surface area contributed by atoms with Crippen molar-refractivity contribution in [2.24, 2.45) is 5.73 Å². The third kappa shape index (κ3) is 2.82. The van der Waals surface area contributed by atoms with Crippen LogP contribution in [0.4, 0.5) is 4.39 Å². The molecule has 0 bridgehead atoms.